The molecule has 0 aliphatic carbocycles. The highest BCUT2D eigenvalue weighted by atomic mass is 16.6. The molecule has 22 heavy (non-hydrogen) atoms. The van der Waals surface area contributed by atoms with Crippen LogP contribution >= 0.6 is 0 Å². The fourth-order valence-corrected chi connectivity index (χ4v) is 2.83. The second kappa shape index (κ2) is 6.11. The molecule has 1 aliphatic rings. The van der Waals surface area contributed by atoms with Crippen LogP contribution in [-0.4, -0.2) is 23.0 Å². The molecule has 0 bridgehead atoms. The van der Waals surface area contributed by atoms with E-state index in [2.05, 4.69) is 33.8 Å². The second-order valence-corrected chi connectivity index (χ2v) is 5.39. The van der Waals surface area contributed by atoms with Crippen molar-refractivity contribution < 1.29 is 4.92 Å². The molecule has 0 saturated heterocycles. The number of nitro groups is 1. The van der Waals surface area contributed by atoms with Gasteiger partial charge < -0.3 is 10.6 Å². The van der Waals surface area contributed by atoms with E-state index in [1.807, 2.05) is 6.07 Å². The standard InChI is InChI=1S/C16H18N4O2/c1-11-15(20(21)22)6-7-16(19-11)18-10-14-13-5-3-2-4-12(13)8-9-17-14/h2-7,14,17H,8-10H2,1H3,(H,18,19). The molecule has 114 valence electrons. The van der Waals surface area contributed by atoms with E-state index in [1.54, 1.807) is 13.0 Å². The van der Waals surface area contributed by atoms with Gasteiger partial charge in [-0.25, -0.2) is 4.98 Å². The number of nitrogens with one attached hydrogen (secondary N) is 2. The zero-order chi connectivity index (χ0) is 15.5. The Morgan fingerprint density at radius 3 is 2.95 bits per heavy atom. The van der Waals surface area contributed by atoms with Crippen LogP contribution in [0.5, 0.6) is 0 Å². The maximum Gasteiger partial charge on any atom is 0.290 e. The first kappa shape index (κ1) is 14.5. The Labute approximate surface area is 128 Å². The Balaban J connectivity index is 1.71. The molecule has 2 heterocycles. The molecule has 2 aromatic rings. The maximum absolute atomic E-state index is 10.8. The van der Waals surface area contributed by atoms with Gasteiger partial charge in [-0.15, -0.1) is 0 Å². The van der Waals surface area contributed by atoms with Crippen molar-refractivity contribution in [1.29, 1.82) is 0 Å². The quantitative estimate of drug-likeness (QED) is 0.670. The molecule has 6 heteroatoms. The molecule has 1 aliphatic heterocycles. The van der Waals surface area contributed by atoms with Crippen molar-refractivity contribution in [1.82, 2.24) is 10.3 Å². The van der Waals surface area contributed by atoms with Gasteiger partial charge in [0.25, 0.3) is 5.69 Å². The van der Waals surface area contributed by atoms with Crippen LogP contribution in [0.2, 0.25) is 0 Å². The maximum atomic E-state index is 10.8. The van der Waals surface area contributed by atoms with E-state index in [0.29, 0.717) is 18.1 Å². The van der Waals surface area contributed by atoms with Gasteiger partial charge in [-0.1, -0.05) is 24.3 Å². The Morgan fingerprint density at radius 2 is 2.18 bits per heavy atom. The highest BCUT2D eigenvalue weighted by molar-refractivity contribution is 5.45. The minimum absolute atomic E-state index is 0.0479. The molecule has 1 atom stereocenters. The number of aromatic nitrogens is 1. The summed E-state index contributed by atoms with van der Waals surface area (Å²) in [7, 11) is 0. The monoisotopic (exact) mass is 298 g/mol. The first-order valence-corrected chi connectivity index (χ1v) is 7.32. The number of rotatable bonds is 4. The van der Waals surface area contributed by atoms with Crippen LogP contribution in [0, 0.1) is 17.0 Å². The van der Waals surface area contributed by atoms with E-state index < -0.39 is 4.92 Å². The highest BCUT2D eigenvalue weighted by Crippen LogP contribution is 2.23. The van der Waals surface area contributed by atoms with Crippen LogP contribution in [-0.2, 0) is 6.42 Å². The normalized spacial score (nSPS) is 16.9. The number of anilines is 1. The first-order chi connectivity index (χ1) is 10.6. The van der Waals surface area contributed by atoms with Crippen LogP contribution in [0.1, 0.15) is 22.9 Å². The topological polar surface area (TPSA) is 80.1 Å². The van der Waals surface area contributed by atoms with Gasteiger partial charge >= 0.3 is 0 Å². The zero-order valence-electron chi connectivity index (χ0n) is 12.4. The third-order valence-corrected chi connectivity index (χ3v) is 3.96. The molecule has 0 spiro atoms. The summed E-state index contributed by atoms with van der Waals surface area (Å²) in [4.78, 5) is 14.7. The lowest BCUT2D eigenvalue weighted by Crippen LogP contribution is -2.34. The molecule has 0 fully saturated rings. The molecule has 2 N–H and O–H groups in total. The van der Waals surface area contributed by atoms with Gasteiger partial charge in [-0.2, -0.15) is 0 Å². The van der Waals surface area contributed by atoms with Gasteiger partial charge in [0.2, 0.25) is 0 Å². The zero-order valence-corrected chi connectivity index (χ0v) is 12.4. The molecular formula is C16H18N4O2. The van der Waals surface area contributed by atoms with Crippen molar-refractivity contribution in [2.45, 2.75) is 19.4 Å². The third-order valence-electron chi connectivity index (χ3n) is 3.96. The third kappa shape index (κ3) is 2.92. The van der Waals surface area contributed by atoms with Crippen LogP contribution in [0.25, 0.3) is 0 Å². The summed E-state index contributed by atoms with van der Waals surface area (Å²) in [6.45, 7) is 3.30. The number of pyridine rings is 1. The summed E-state index contributed by atoms with van der Waals surface area (Å²) in [5.74, 6) is 0.660. The molecule has 0 radical (unpaired) electrons. The smallest absolute Gasteiger partial charge is 0.290 e. The van der Waals surface area contributed by atoms with Crippen molar-refractivity contribution in [2.75, 3.05) is 18.4 Å². The number of fused-ring (bicyclic) bond motifs is 1. The van der Waals surface area contributed by atoms with E-state index in [9.17, 15) is 10.1 Å². The van der Waals surface area contributed by atoms with Crippen molar-refractivity contribution in [3.05, 3.63) is 63.3 Å². The summed E-state index contributed by atoms with van der Waals surface area (Å²) >= 11 is 0. The van der Waals surface area contributed by atoms with Crippen molar-refractivity contribution in [2.24, 2.45) is 0 Å². The molecule has 3 rings (SSSR count). The molecule has 1 unspecified atom stereocenters. The number of nitrogens with zero attached hydrogens (tertiary/aromatic N) is 2. The van der Waals surface area contributed by atoms with Gasteiger partial charge in [0.1, 0.15) is 11.5 Å². The molecule has 0 saturated carbocycles. The molecular weight excluding hydrogens is 280 g/mol. The van der Waals surface area contributed by atoms with Crippen molar-refractivity contribution >= 4 is 11.5 Å². The van der Waals surface area contributed by atoms with Crippen LogP contribution in [0.15, 0.2) is 36.4 Å². The van der Waals surface area contributed by atoms with E-state index in [4.69, 9.17) is 0 Å². The van der Waals surface area contributed by atoms with Gasteiger partial charge in [0, 0.05) is 18.7 Å². The fraction of sp³-hybridized carbons (Fsp3) is 0.312. The lowest BCUT2D eigenvalue weighted by atomic mass is 9.94. The van der Waals surface area contributed by atoms with Crippen LogP contribution in [0.4, 0.5) is 11.5 Å². The first-order valence-electron chi connectivity index (χ1n) is 7.32. The number of benzene rings is 1. The van der Waals surface area contributed by atoms with E-state index >= 15 is 0 Å². The lowest BCUT2D eigenvalue weighted by molar-refractivity contribution is -0.385. The van der Waals surface area contributed by atoms with Gasteiger partial charge in [0.05, 0.1) is 4.92 Å². The fourth-order valence-electron chi connectivity index (χ4n) is 2.83. The Morgan fingerprint density at radius 1 is 1.36 bits per heavy atom. The SMILES string of the molecule is Cc1nc(NCC2NCCc3ccccc32)ccc1[N+](=O)[O-]. The average Bonchev–Trinajstić information content (AvgIpc) is 2.52. The van der Waals surface area contributed by atoms with Crippen molar-refractivity contribution in [3.63, 3.8) is 0 Å². The predicted octanol–water partition coefficient (Wildman–Crippen LogP) is 2.60. The van der Waals surface area contributed by atoms with Crippen LogP contribution in [0.3, 0.4) is 0 Å². The predicted molar refractivity (Wildman–Crippen MR) is 85.0 cm³/mol. The second-order valence-electron chi connectivity index (χ2n) is 5.39. The number of hydrogen-bond donors (Lipinski definition) is 2. The summed E-state index contributed by atoms with van der Waals surface area (Å²) in [5.41, 5.74) is 3.15. The summed E-state index contributed by atoms with van der Waals surface area (Å²) < 4.78 is 0. The van der Waals surface area contributed by atoms with E-state index in [-0.39, 0.29) is 11.7 Å². The Kier molecular flexibility index (Phi) is 4.02. The molecule has 6 nitrogen and oxygen atoms in total. The Bertz CT molecular complexity index is 702. The largest absolute Gasteiger partial charge is 0.368 e. The molecule has 1 aromatic heterocycles. The van der Waals surface area contributed by atoms with E-state index in [1.165, 1.54) is 17.2 Å². The van der Waals surface area contributed by atoms with Gasteiger partial charge in [0.15, 0.2) is 0 Å². The number of hydrogen-bond acceptors (Lipinski definition) is 5. The minimum Gasteiger partial charge on any atom is -0.368 e. The number of aryl methyl sites for hydroxylation is 1. The molecule has 1 aromatic carbocycles. The minimum atomic E-state index is -0.412. The van der Waals surface area contributed by atoms with Gasteiger partial charge in [-0.3, -0.25) is 10.1 Å². The highest BCUT2D eigenvalue weighted by Gasteiger charge is 2.19. The Hall–Kier alpha value is -2.47. The lowest BCUT2D eigenvalue weighted by Gasteiger charge is -2.27. The summed E-state index contributed by atoms with van der Waals surface area (Å²) in [5, 5.41) is 17.6. The summed E-state index contributed by atoms with van der Waals surface area (Å²) in [6, 6.07) is 11.8. The van der Waals surface area contributed by atoms with Crippen LogP contribution < -0.4 is 10.6 Å². The summed E-state index contributed by atoms with van der Waals surface area (Å²) in [6.07, 6.45) is 1.04. The average molecular weight is 298 g/mol. The van der Waals surface area contributed by atoms with Gasteiger partial charge in [-0.05, 0) is 37.1 Å². The van der Waals surface area contributed by atoms with E-state index in [0.717, 1.165) is 13.0 Å². The molecule has 0 amide bonds. The van der Waals surface area contributed by atoms with Crippen molar-refractivity contribution in [3.8, 4) is 0 Å².